The summed E-state index contributed by atoms with van der Waals surface area (Å²) in [6, 6.07) is 13.2. The summed E-state index contributed by atoms with van der Waals surface area (Å²) in [5, 5.41) is 10.9. The van der Waals surface area contributed by atoms with Crippen LogP contribution in [0.25, 0.3) is 10.9 Å². The van der Waals surface area contributed by atoms with Gasteiger partial charge in [0.15, 0.2) is 0 Å². The normalized spacial score (nSPS) is 17.4. The van der Waals surface area contributed by atoms with Crippen LogP contribution in [0.4, 0.5) is 0 Å². The Labute approximate surface area is 144 Å². The molecule has 4 rings (SSSR count). The number of β-amino-alcohol motifs (C(OH)–C–C–N with tert-alkyl or cyclic N) is 1. The van der Waals surface area contributed by atoms with E-state index in [0.717, 1.165) is 17.7 Å². The Morgan fingerprint density at radius 3 is 3.00 bits per heavy atom. The maximum Gasteiger partial charge on any atom is 0.258 e. The van der Waals surface area contributed by atoms with E-state index in [1.807, 2.05) is 24.3 Å². The number of fused-ring (bicyclic) bond motifs is 2. The van der Waals surface area contributed by atoms with E-state index in [1.54, 1.807) is 25.3 Å². The van der Waals surface area contributed by atoms with Crippen LogP contribution in [0, 0.1) is 0 Å². The van der Waals surface area contributed by atoms with Gasteiger partial charge in [-0.2, -0.15) is 0 Å². The minimum Gasteiger partial charge on any atom is -0.497 e. The number of aromatic nitrogens is 2. The van der Waals surface area contributed by atoms with E-state index in [1.165, 1.54) is 0 Å². The topological polar surface area (TPSA) is 78.5 Å². The van der Waals surface area contributed by atoms with Crippen LogP contribution in [0.2, 0.25) is 0 Å². The molecule has 0 bridgehead atoms. The van der Waals surface area contributed by atoms with Crippen molar-refractivity contribution in [3.63, 3.8) is 0 Å². The zero-order valence-corrected chi connectivity index (χ0v) is 13.9. The van der Waals surface area contributed by atoms with Crippen molar-refractivity contribution in [2.75, 3.05) is 13.7 Å². The summed E-state index contributed by atoms with van der Waals surface area (Å²) in [7, 11) is 1.57. The fraction of sp³-hybridized carbons (Fsp3) is 0.263. The molecule has 1 atom stereocenters. The summed E-state index contributed by atoms with van der Waals surface area (Å²) >= 11 is 0. The first kappa shape index (κ1) is 15.8. The molecule has 2 heterocycles. The Bertz CT molecular complexity index is 983. The maximum atomic E-state index is 12.4. The first-order valence-electron chi connectivity index (χ1n) is 8.19. The van der Waals surface area contributed by atoms with E-state index in [4.69, 9.17) is 4.74 Å². The van der Waals surface area contributed by atoms with Crippen LogP contribution in [-0.4, -0.2) is 33.6 Å². The van der Waals surface area contributed by atoms with Crippen LogP contribution in [0.3, 0.4) is 0 Å². The average Bonchev–Trinajstić information content (AvgIpc) is 2.61. The van der Waals surface area contributed by atoms with E-state index in [-0.39, 0.29) is 5.56 Å². The van der Waals surface area contributed by atoms with Gasteiger partial charge in [-0.15, -0.1) is 0 Å². The molecule has 1 aliphatic rings. The SMILES string of the molecule is COc1ccc2nc(CN3Cc4ccccc4C(O)C3)[nH]c(=O)c2c1. The first-order valence-corrected chi connectivity index (χ1v) is 8.19. The lowest BCUT2D eigenvalue weighted by Crippen LogP contribution is -2.34. The molecule has 25 heavy (non-hydrogen) atoms. The van der Waals surface area contributed by atoms with Gasteiger partial charge in [0, 0.05) is 13.1 Å². The van der Waals surface area contributed by atoms with Crippen LogP contribution in [0.1, 0.15) is 23.1 Å². The number of aliphatic hydroxyl groups excluding tert-OH is 1. The summed E-state index contributed by atoms with van der Waals surface area (Å²) in [6.45, 7) is 1.71. The molecule has 3 aromatic rings. The molecule has 2 N–H and O–H groups in total. The molecule has 0 aliphatic carbocycles. The van der Waals surface area contributed by atoms with Crippen molar-refractivity contribution in [2.45, 2.75) is 19.2 Å². The second-order valence-electron chi connectivity index (χ2n) is 6.28. The van der Waals surface area contributed by atoms with Crippen molar-refractivity contribution in [2.24, 2.45) is 0 Å². The molecule has 1 aliphatic heterocycles. The molecule has 0 saturated carbocycles. The Hall–Kier alpha value is -2.70. The minimum atomic E-state index is -0.526. The molecule has 1 aromatic heterocycles. The quantitative estimate of drug-likeness (QED) is 0.764. The van der Waals surface area contributed by atoms with Gasteiger partial charge in [-0.25, -0.2) is 4.98 Å². The zero-order chi connectivity index (χ0) is 17.4. The van der Waals surface area contributed by atoms with E-state index in [0.29, 0.717) is 35.6 Å². The molecule has 0 spiro atoms. The molecule has 0 fully saturated rings. The zero-order valence-electron chi connectivity index (χ0n) is 13.9. The monoisotopic (exact) mass is 337 g/mol. The van der Waals surface area contributed by atoms with Gasteiger partial charge in [-0.3, -0.25) is 9.69 Å². The predicted octanol–water partition coefficient (Wildman–Crippen LogP) is 1.98. The summed E-state index contributed by atoms with van der Waals surface area (Å²) in [5.74, 6) is 1.22. The molecule has 6 heteroatoms. The molecule has 0 radical (unpaired) electrons. The number of hydrogen-bond donors (Lipinski definition) is 2. The molecular weight excluding hydrogens is 318 g/mol. The number of nitrogens with one attached hydrogen (secondary N) is 1. The van der Waals surface area contributed by atoms with Gasteiger partial charge in [-0.1, -0.05) is 24.3 Å². The Balaban J connectivity index is 1.62. The van der Waals surface area contributed by atoms with Crippen LogP contribution >= 0.6 is 0 Å². The fourth-order valence-electron chi connectivity index (χ4n) is 3.35. The lowest BCUT2D eigenvalue weighted by molar-refractivity contribution is 0.0867. The summed E-state index contributed by atoms with van der Waals surface area (Å²) in [4.78, 5) is 21.8. The molecular formula is C19H19N3O3. The number of hydrogen-bond acceptors (Lipinski definition) is 5. The third kappa shape index (κ3) is 3.01. The van der Waals surface area contributed by atoms with Gasteiger partial charge in [-0.05, 0) is 29.3 Å². The van der Waals surface area contributed by atoms with Gasteiger partial charge in [0.1, 0.15) is 11.6 Å². The average molecular weight is 337 g/mol. The lowest BCUT2D eigenvalue weighted by Gasteiger charge is -2.31. The summed E-state index contributed by atoms with van der Waals surface area (Å²) in [5.41, 5.74) is 2.54. The minimum absolute atomic E-state index is 0.183. The van der Waals surface area contributed by atoms with Gasteiger partial charge in [0.2, 0.25) is 0 Å². The molecule has 0 saturated heterocycles. The van der Waals surface area contributed by atoms with Crippen molar-refractivity contribution in [3.05, 3.63) is 69.8 Å². The lowest BCUT2D eigenvalue weighted by atomic mass is 9.97. The third-order valence-corrected chi connectivity index (χ3v) is 4.57. The van der Waals surface area contributed by atoms with Gasteiger partial charge >= 0.3 is 0 Å². The maximum absolute atomic E-state index is 12.4. The highest BCUT2D eigenvalue weighted by molar-refractivity contribution is 5.79. The molecule has 128 valence electrons. The van der Waals surface area contributed by atoms with E-state index >= 15 is 0 Å². The van der Waals surface area contributed by atoms with Crippen LogP contribution < -0.4 is 10.3 Å². The van der Waals surface area contributed by atoms with Crippen molar-refractivity contribution < 1.29 is 9.84 Å². The molecule has 1 unspecified atom stereocenters. The number of H-pyrrole nitrogens is 1. The molecule has 0 amide bonds. The highest BCUT2D eigenvalue weighted by Gasteiger charge is 2.23. The smallest absolute Gasteiger partial charge is 0.258 e. The van der Waals surface area contributed by atoms with Crippen molar-refractivity contribution in [3.8, 4) is 5.75 Å². The van der Waals surface area contributed by atoms with Crippen LogP contribution in [0.5, 0.6) is 5.75 Å². The van der Waals surface area contributed by atoms with E-state index in [9.17, 15) is 9.90 Å². The second kappa shape index (κ2) is 6.31. The highest BCUT2D eigenvalue weighted by Crippen LogP contribution is 2.27. The van der Waals surface area contributed by atoms with Crippen molar-refractivity contribution in [1.82, 2.24) is 14.9 Å². The number of aromatic amines is 1. The third-order valence-electron chi connectivity index (χ3n) is 4.57. The number of aliphatic hydroxyl groups is 1. The number of methoxy groups -OCH3 is 1. The number of benzene rings is 2. The standard InChI is InChI=1S/C19H19N3O3/c1-25-13-6-7-16-15(8-13)19(24)21-18(20-16)11-22-9-12-4-2-3-5-14(12)17(23)10-22/h2-8,17,23H,9-11H2,1H3,(H,20,21,24). The second-order valence-corrected chi connectivity index (χ2v) is 6.28. The van der Waals surface area contributed by atoms with E-state index in [2.05, 4.69) is 14.9 Å². The summed E-state index contributed by atoms with van der Waals surface area (Å²) in [6.07, 6.45) is -0.526. The fourth-order valence-corrected chi connectivity index (χ4v) is 3.35. The Morgan fingerprint density at radius 1 is 1.32 bits per heavy atom. The van der Waals surface area contributed by atoms with Crippen LogP contribution in [-0.2, 0) is 13.1 Å². The van der Waals surface area contributed by atoms with Crippen LogP contribution in [0.15, 0.2) is 47.3 Å². The first-order chi connectivity index (χ1) is 12.1. The van der Waals surface area contributed by atoms with Crippen molar-refractivity contribution >= 4 is 10.9 Å². The molecule has 6 nitrogen and oxygen atoms in total. The molecule has 2 aromatic carbocycles. The summed E-state index contributed by atoms with van der Waals surface area (Å²) < 4.78 is 5.16. The van der Waals surface area contributed by atoms with Gasteiger partial charge in [0.25, 0.3) is 5.56 Å². The predicted molar refractivity (Wildman–Crippen MR) is 94.4 cm³/mol. The highest BCUT2D eigenvalue weighted by atomic mass is 16.5. The van der Waals surface area contributed by atoms with Gasteiger partial charge < -0.3 is 14.8 Å². The number of ether oxygens (including phenoxy) is 1. The Morgan fingerprint density at radius 2 is 2.16 bits per heavy atom. The Kier molecular flexibility index (Phi) is 3.99. The van der Waals surface area contributed by atoms with Gasteiger partial charge in [0.05, 0.1) is 30.7 Å². The largest absolute Gasteiger partial charge is 0.497 e. The van der Waals surface area contributed by atoms with E-state index < -0.39 is 6.10 Å². The number of nitrogens with zero attached hydrogens (tertiary/aromatic N) is 2. The van der Waals surface area contributed by atoms with Crippen molar-refractivity contribution in [1.29, 1.82) is 0 Å². The number of rotatable bonds is 3.